The molecule has 0 aromatic heterocycles. The van der Waals surface area contributed by atoms with Crippen LogP contribution < -0.4 is 0 Å². The molecular weight excluding hydrogens is 168 g/mol. The van der Waals surface area contributed by atoms with Crippen molar-refractivity contribution in [3.63, 3.8) is 0 Å². The van der Waals surface area contributed by atoms with Crippen LogP contribution in [0.25, 0.3) is 0 Å². The number of aryl methyl sites for hydroxylation is 2. The maximum Gasteiger partial charge on any atom is 0.0102 e. The first-order valence-electron chi connectivity index (χ1n) is 5.12. The fraction of sp³-hybridized carbons (Fsp3) is 0.429. The van der Waals surface area contributed by atoms with Gasteiger partial charge in [0.05, 0.1) is 0 Å². The van der Waals surface area contributed by atoms with Crippen molar-refractivity contribution in [3.8, 4) is 5.92 Å². The van der Waals surface area contributed by atoms with Crippen molar-refractivity contribution < 1.29 is 0 Å². The number of hydrogen-bond donors (Lipinski definition) is 0. The molecule has 0 aliphatic heterocycles. The van der Waals surface area contributed by atoms with Gasteiger partial charge in [-0.1, -0.05) is 18.1 Å². The van der Waals surface area contributed by atoms with Crippen LogP contribution in [-0.4, -0.2) is 0 Å². The van der Waals surface area contributed by atoms with Gasteiger partial charge in [0.1, 0.15) is 0 Å². The van der Waals surface area contributed by atoms with Gasteiger partial charge < -0.3 is 0 Å². The molecule has 0 amide bonds. The molecule has 0 bridgehead atoms. The van der Waals surface area contributed by atoms with Gasteiger partial charge in [0.25, 0.3) is 0 Å². The third-order valence-corrected chi connectivity index (χ3v) is 2.83. The van der Waals surface area contributed by atoms with E-state index in [0.717, 1.165) is 19.3 Å². The van der Waals surface area contributed by atoms with Crippen molar-refractivity contribution in [2.75, 3.05) is 0 Å². The van der Waals surface area contributed by atoms with Crippen molar-refractivity contribution in [3.05, 3.63) is 40.8 Å². The van der Waals surface area contributed by atoms with E-state index in [1.165, 1.54) is 22.3 Å². The Morgan fingerprint density at radius 1 is 1.14 bits per heavy atom. The van der Waals surface area contributed by atoms with E-state index in [2.05, 4.69) is 38.8 Å². The predicted molar refractivity (Wildman–Crippen MR) is 60.7 cm³/mol. The van der Waals surface area contributed by atoms with Crippen LogP contribution in [0.5, 0.6) is 0 Å². The monoisotopic (exact) mass is 185 g/mol. The zero-order valence-corrected chi connectivity index (χ0v) is 9.28. The standard InChI is InChI=1S/C14H17/c1-5-6-7-8-14-12(3)10-9-11(2)13(14)4/h9-10H,6-8H2,2-4H3. The Balaban J connectivity index is 2.85. The Hall–Kier alpha value is -1.22. The highest BCUT2D eigenvalue weighted by Crippen LogP contribution is 2.19. The lowest BCUT2D eigenvalue weighted by atomic mass is 9.94. The summed E-state index contributed by atoms with van der Waals surface area (Å²) >= 11 is 0. The number of unbranched alkanes of at least 4 members (excludes halogenated alkanes) is 1. The Kier molecular flexibility index (Phi) is 3.77. The normalized spacial score (nSPS) is 9.86. The smallest absolute Gasteiger partial charge is 0.0102 e. The summed E-state index contributed by atoms with van der Waals surface area (Å²) in [6.45, 7) is 6.50. The molecule has 0 unspecified atom stereocenters. The van der Waals surface area contributed by atoms with Gasteiger partial charge >= 0.3 is 0 Å². The van der Waals surface area contributed by atoms with E-state index in [1.54, 1.807) is 0 Å². The summed E-state index contributed by atoms with van der Waals surface area (Å²) < 4.78 is 0. The van der Waals surface area contributed by atoms with E-state index in [4.69, 9.17) is 6.42 Å². The van der Waals surface area contributed by atoms with E-state index in [1.807, 2.05) is 0 Å². The number of hydrogen-bond acceptors (Lipinski definition) is 0. The molecule has 1 radical (unpaired) electrons. The van der Waals surface area contributed by atoms with Crippen LogP contribution in [0.3, 0.4) is 0 Å². The minimum atomic E-state index is 0.771. The van der Waals surface area contributed by atoms with Crippen molar-refractivity contribution in [2.45, 2.75) is 40.0 Å². The van der Waals surface area contributed by atoms with Crippen LogP contribution in [-0.2, 0) is 6.42 Å². The third kappa shape index (κ3) is 2.39. The van der Waals surface area contributed by atoms with Gasteiger partial charge in [-0.3, -0.25) is 0 Å². The Morgan fingerprint density at radius 2 is 1.79 bits per heavy atom. The van der Waals surface area contributed by atoms with E-state index >= 15 is 0 Å². The molecule has 0 nitrogen and oxygen atoms in total. The predicted octanol–water partition coefficient (Wildman–Crippen LogP) is 3.52. The lowest BCUT2D eigenvalue weighted by Gasteiger charge is -2.11. The van der Waals surface area contributed by atoms with E-state index < -0.39 is 0 Å². The first-order valence-corrected chi connectivity index (χ1v) is 5.12. The summed E-state index contributed by atoms with van der Waals surface area (Å²) in [7, 11) is 0. The second-order valence-electron chi connectivity index (χ2n) is 3.83. The lowest BCUT2D eigenvalue weighted by Crippen LogP contribution is -1.96. The summed E-state index contributed by atoms with van der Waals surface area (Å²) in [5.74, 6) is 2.44. The topological polar surface area (TPSA) is 0 Å². The molecule has 1 rings (SSSR count). The maximum atomic E-state index is 6.87. The third-order valence-electron chi connectivity index (χ3n) is 2.83. The fourth-order valence-electron chi connectivity index (χ4n) is 1.75. The summed E-state index contributed by atoms with van der Waals surface area (Å²) in [6.07, 6.45) is 9.75. The van der Waals surface area contributed by atoms with E-state index in [-0.39, 0.29) is 0 Å². The minimum Gasteiger partial charge on any atom is -0.0891 e. The van der Waals surface area contributed by atoms with Gasteiger partial charge in [0.2, 0.25) is 0 Å². The molecule has 0 fully saturated rings. The van der Waals surface area contributed by atoms with E-state index in [0.29, 0.717) is 0 Å². The van der Waals surface area contributed by atoms with Crippen LogP contribution in [0.4, 0.5) is 0 Å². The van der Waals surface area contributed by atoms with Crippen LogP contribution in [0, 0.1) is 33.1 Å². The molecule has 1 aromatic rings. The summed E-state index contributed by atoms with van der Waals surface area (Å²) in [4.78, 5) is 0. The molecular formula is C14H17. The molecule has 73 valence electrons. The van der Waals surface area contributed by atoms with Crippen molar-refractivity contribution in [2.24, 2.45) is 0 Å². The molecule has 14 heavy (non-hydrogen) atoms. The molecule has 0 saturated carbocycles. The van der Waals surface area contributed by atoms with Crippen LogP contribution in [0.15, 0.2) is 12.1 Å². The highest BCUT2D eigenvalue weighted by Gasteiger charge is 2.03. The van der Waals surface area contributed by atoms with Crippen LogP contribution >= 0.6 is 0 Å². The molecule has 0 atom stereocenters. The van der Waals surface area contributed by atoms with Gasteiger partial charge in [-0.15, -0.1) is 0 Å². The van der Waals surface area contributed by atoms with Gasteiger partial charge in [0.15, 0.2) is 0 Å². The number of benzene rings is 1. The van der Waals surface area contributed by atoms with Gasteiger partial charge in [-0.2, -0.15) is 0 Å². The molecule has 0 heterocycles. The molecule has 0 aliphatic carbocycles. The summed E-state index contributed by atoms with van der Waals surface area (Å²) in [5, 5.41) is 0. The maximum absolute atomic E-state index is 6.87. The largest absolute Gasteiger partial charge is 0.0891 e. The molecule has 0 N–H and O–H groups in total. The second-order valence-corrected chi connectivity index (χ2v) is 3.83. The quantitative estimate of drug-likeness (QED) is 0.499. The molecule has 0 aliphatic rings. The zero-order chi connectivity index (χ0) is 10.6. The SMILES string of the molecule is [C]#CCCCc1c(C)ccc(C)c1C. The van der Waals surface area contributed by atoms with Crippen LogP contribution in [0.2, 0.25) is 0 Å². The summed E-state index contributed by atoms with van der Waals surface area (Å²) in [5.41, 5.74) is 5.61. The lowest BCUT2D eigenvalue weighted by molar-refractivity contribution is 0.843. The molecule has 0 saturated heterocycles. The fourth-order valence-corrected chi connectivity index (χ4v) is 1.75. The van der Waals surface area contributed by atoms with Gasteiger partial charge in [0, 0.05) is 6.42 Å². The minimum absolute atomic E-state index is 0.771. The first-order chi connectivity index (χ1) is 6.66. The van der Waals surface area contributed by atoms with Gasteiger partial charge in [-0.25, -0.2) is 0 Å². The number of rotatable bonds is 3. The summed E-state index contributed by atoms with van der Waals surface area (Å²) in [6, 6.07) is 4.36. The molecule has 0 heteroatoms. The Labute approximate surface area is 87.4 Å². The Bertz CT molecular complexity index is 353. The van der Waals surface area contributed by atoms with Crippen LogP contribution in [0.1, 0.15) is 35.1 Å². The van der Waals surface area contributed by atoms with E-state index in [9.17, 15) is 0 Å². The highest BCUT2D eigenvalue weighted by molar-refractivity contribution is 5.39. The average molecular weight is 185 g/mol. The molecule has 1 aromatic carbocycles. The van der Waals surface area contributed by atoms with Crippen molar-refractivity contribution in [1.29, 1.82) is 0 Å². The first kappa shape index (κ1) is 10.9. The van der Waals surface area contributed by atoms with Crippen molar-refractivity contribution in [1.82, 2.24) is 0 Å². The highest BCUT2D eigenvalue weighted by atomic mass is 14.1. The van der Waals surface area contributed by atoms with Gasteiger partial charge in [-0.05, 0) is 62.3 Å². The van der Waals surface area contributed by atoms with Crippen molar-refractivity contribution >= 4 is 0 Å². The molecule has 0 spiro atoms. The average Bonchev–Trinajstić information content (AvgIpc) is 2.18. The second kappa shape index (κ2) is 4.86. The Morgan fingerprint density at radius 3 is 2.43 bits per heavy atom. The zero-order valence-electron chi connectivity index (χ0n) is 9.28.